The molecular weight excluding hydrogens is 827 g/mol. The predicted molar refractivity (Wildman–Crippen MR) is 291 cm³/mol. The van der Waals surface area contributed by atoms with Crippen LogP contribution in [-0.2, 0) is 14.3 Å². The highest BCUT2D eigenvalue weighted by atomic mass is 16.5. The quantitative estimate of drug-likeness (QED) is 0.0245. The molecule has 6 nitrogen and oxygen atoms in total. The average Bonchev–Trinajstić information content (AvgIpc) is 3.32. The summed E-state index contributed by atoms with van der Waals surface area (Å²) >= 11 is 0. The van der Waals surface area contributed by atoms with E-state index in [4.69, 9.17) is 4.74 Å². The molecule has 0 rings (SSSR count). The number of unbranched alkanes of at least 4 members (excludes halogenated alkanes) is 20. The molecule has 380 valence electrons. The predicted octanol–water partition coefficient (Wildman–Crippen LogP) is 16.8. The zero-order chi connectivity index (χ0) is 48.8. The van der Waals surface area contributed by atoms with E-state index < -0.39 is 18.2 Å². The smallest absolute Gasteiger partial charge is 0.306 e. The summed E-state index contributed by atoms with van der Waals surface area (Å²) in [6.45, 7) is 6.20. The summed E-state index contributed by atoms with van der Waals surface area (Å²) in [5.74, 6) is -0.595. The average molecular weight is 928 g/mol. The Morgan fingerprint density at radius 2 is 0.896 bits per heavy atom. The highest BCUT2D eigenvalue weighted by Gasteiger charge is 2.24. The maximum atomic E-state index is 13.2. The van der Waals surface area contributed by atoms with Crippen molar-refractivity contribution in [1.82, 2.24) is 5.32 Å². The van der Waals surface area contributed by atoms with E-state index in [2.05, 4.69) is 86.8 Å². The first-order chi connectivity index (χ1) is 33.0. The number of hydrogen-bond acceptors (Lipinski definition) is 5. The van der Waals surface area contributed by atoms with Crippen LogP contribution in [0.5, 0.6) is 0 Å². The van der Waals surface area contributed by atoms with Crippen LogP contribution in [0.15, 0.2) is 122 Å². The van der Waals surface area contributed by atoms with E-state index in [0.717, 1.165) is 89.9 Å². The van der Waals surface area contributed by atoms with Crippen molar-refractivity contribution < 1.29 is 24.5 Å². The zero-order valence-corrected chi connectivity index (χ0v) is 43.2. The fourth-order valence-electron chi connectivity index (χ4n) is 7.63. The molecule has 3 N–H and O–H groups in total. The molecule has 3 unspecified atom stereocenters. The van der Waals surface area contributed by atoms with Crippen molar-refractivity contribution in [2.75, 3.05) is 6.61 Å². The van der Waals surface area contributed by atoms with Crippen molar-refractivity contribution in [3.05, 3.63) is 122 Å². The van der Waals surface area contributed by atoms with Crippen LogP contribution >= 0.6 is 0 Å². The number of hydrogen-bond donors (Lipinski definition) is 3. The van der Waals surface area contributed by atoms with E-state index in [-0.39, 0.29) is 24.9 Å². The summed E-state index contributed by atoms with van der Waals surface area (Å²) in [6.07, 6.45) is 74.1. The van der Waals surface area contributed by atoms with Crippen LogP contribution in [0, 0.1) is 0 Å². The van der Waals surface area contributed by atoms with Gasteiger partial charge in [-0.2, -0.15) is 0 Å². The molecule has 0 saturated heterocycles. The highest BCUT2D eigenvalue weighted by Crippen LogP contribution is 2.17. The Kier molecular flexibility index (Phi) is 50.2. The molecule has 0 bridgehead atoms. The SMILES string of the molecule is CC\C=C/C=C/C=C/C=C\C=C\C=C\CCCC(CC(=O)NC(CO)C(O)CCCCCCCCCCCCCCCCCCC)OC(=O)CCCCC/C=C/C/C=C/C/C=C/C/C=C/CC. The summed E-state index contributed by atoms with van der Waals surface area (Å²) in [7, 11) is 0. The van der Waals surface area contributed by atoms with Gasteiger partial charge in [0.2, 0.25) is 5.91 Å². The molecule has 0 aliphatic heterocycles. The number of amides is 1. The summed E-state index contributed by atoms with van der Waals surface area (Å²) < 4.78 is 5.89. The number of carbonyl (C=O) groups excluding carboxylic acids is 2. The van der Waals surface area contributed by atoms with Crippen LogP contribution in [0.4, 0.5) is 0 Å². The van der Waals surface area contributed by atoms with E-state index in [0.29, 0.717) is 19.3 Å². The standard InChI is InChI=1S/C61H101NO5/c1-4-7-10-13-16-19-22-25-28-30-32-35-38-41-44-47-50-53-59(64)58(56-63)62-60(65)55-57(52-49-46-43-40-37-34-31-27-24-21-18-15-12-9-6-3)67-61(66)54-51-48-45-42-39-36-33-29-26-23-20-17-14-11-8-5-2/h8-9,11-12,15,17-18,20-21,24,26-27,29,31,34,36-37,39-40,43,57-59,63-64H,4-7,10,13-14,16,19,22-23,25,28,30,32-33,35,38,41-42,44-56H2,1-3H3,(H,62,65)/b11-8+,12-9-,18-15+,20-17+,24-21+,29-26+,31-27-,37-34+,39-36+,43-40+. The summed E-state index contributed by atoms with van der Waals surface area (Å²) in [5.41, 5.74) is 0. The van der Waals surface area contributed by atoms with Crippen LogP contribution < -0.4 is 5.32 Å². The molecule has 0 aromatic rings. The lowest BCUT2D eigenvalue weighted by Gasteiger charge is -2.24. The number of allylic oxidation sites excluding steroid dienone is 20. The molecule has 0 aromatic carbocycles. The van der Waals surface area contributed by atoms with Crippen molar-refractivity contribution in [1.29, 1.82) is 0 Å². The van der Waals surface area contributed by atoms with Gasteiger partial charge in [0.05, 0.1) is 25.2 Å². The zero-order valence-electron chi connectivity index (χ0n) is 43.2. The second-order valence-electron chi connectivity index (χ2n) is 18.0. The number of aliphatic hydroxyl groups excluding tert-OH is 2. The fraction of sp³-hybridized carbons (Fsp3) is 0.639. The number of ether oxygens (including phenoxy) is 1. The molecule has 67 heavy (non-hydrogen) atoms. The molecule has 6 heteroatoms. The molecule has 3 atom stereocenters. The summed E-state index contributed by atoms with van der Waals surface area (Å²) in [4.78, 5) is 26.2. The van der Waals surface area contributed by atoms with Crippen molar-refractivity contribution in [2.45, 2.75) is 244 Å². The number of carbonyl (C=O) groups is 2. The molecule has 0 aliphatic rings. The van der Waals surface area contributed by atoms with E-state index in [1.165, 1.54) is 89.9 Å². The first-order valence-corrected chi connectivity index (χ1v) is 27.3. The van der Waals surface area contributed by atoms with E-state index >= 15 is 0 Å². The Hall–Kier alpha value is -3.74. The van der Waals surface area contributed by atoms with Gasteiger partial charge in [0.25, 0.3) is 0 Å². The van der Waals surface area contributed by atoms with Gasteiger partial charge in [0.1, 0.15) is 6.10 Å². The largest absolute Gasteiger partial charge is 0.462 e. The Labute approximate surface area is 412 Å². The van der Waals surface area contributed by atoms with Gasteiger partial charge in [0.15, 0.2) is 0 Å². The fourth-order valence-corrected chi connectivity index (χ4v) is 7.63. The third-order valence-corrected chi connectivity index (χ3v) is 11.7. The van der Waals surface area contributed by atoms with Gasteiger partial charge < -0.3 is 20.3 Å². The Bertz CT molecular complexity index is 1410. The van der Waals surface area contributed by atoms with E-state index in [1.54, 1.807) is 0 Å². The molecule has 0 radical (unpaired) electrons. The Morgan fingerprint density at radius 3 is 1.40 bits per heavy atom. The lowest BCUT2D eigenvalue weighted by molar-refractivity contribution is -0.151. The molecule has 0 saturated carbocycles. The van der Waals surface area contributed by atoms with Gasteiger partial charge in [-0.15, -0.1) is 0 Å². The maximum absolute atomic E-state index is 13.2. The first kappa shape index (κ1) is 63.3. The van der Waals surface area contributed by atoms with Crippen molar-refractivity contribution in [3.8, 4) is 0 Å². The molecular formula is C61H101NO5. The second-order valence-corrected chi connectivity index (χ2v) is 18.0. The number of esters is 1. The van der Waals surface area contributed by atoms with Gasteiger partial charge in [-0.05, 0) is 77.0 Å². The third kappa shape index (κ3) is 48.5. The lowest BCUT2D eigenvalue weighted by atomic mass is 10.0. The van der Waals surface area contributed by atoms with Gasteiger partial charge in [0, 0.05) is 6.42 Å². The molecule has 0 aliphatic carbocycles. The number of rotatable bonds is 47. The minimum atomic E-state index is -0.822. The summed E-state index contributed by atoms with van der Waals surface area (Å²) in [5, 5.41) is 23.8. The van der Waals surface area contributed by atoms with Crippen LogP contribution in [-0.4, -0.2) is 46.9 Å². The minimum absolute atomic E-state index is 0.00588. The molecule has 0 spiro atoms. The van der Waals surface area contributed by atoms with Crippen LogP contribution in [0.25, 0.3) is 0 Å². The van der Waals surface area contributed by atoms with Gasteiger partial charge in [-0.1, -0.05) is 258 Å². The first-order valence-electron chi connectivity index (χ1n) is 27.3. The highest BCUT2D eigenvalue weighted by molar-refractivity contribution is 5.77. The van der Waals surface area contributed by atoms with Gasteiger partial charge in [-0.25, -0.2) is 0 Å². The molecule has 0 fully saturated rings. The Morgan fingerprint density at radius 1 is 0.463 bits per heavy atom. The molecule has 0 heterocycles. The van der Waals surface area contributed by atoms with Gasteiger partial charge in [-0.3, -0.25) is 9.59 Å². The van der Waals surface area contributed by atoms with Crippen LogP contribution in [0.1, 0.15) is 226 Å². The van der Waals surface area contributed by atoms with Crippen LogP contribution in [0.3, 0.4) is 0 Å². The van der Waals surface area contributed by atoms with Crippen molar-refractivity contribution in [2.24, 2.45) is 0 Å². The lowest BCUT2D eigenvalue weighted by Crippen LogP contribution is -2.46. The van der Waals surface area contributed by atoms with Crippen molar-refractivity contribution >= 4 is 11.9 Å². The third-order valence-electron chi connectivity index (χ3n) is 11.7. The number of nitrogens with one attached hydrogen (secondary N) is 1. The number of aliphatic hydroxyl groups is 2. The van der Waals surface area contributed by atoms with Gasteiger partial charge >= 0.3 is 5.97 Å². The maximum Gasteiger partial charge on any atom is 0.306 e. The monoisotopic (exact) mass is 928 g/mol. The van der Waals surface area contributed by atoms with E-state index in [1.807, 2.05) is 60.8 Å². The minimum Gasteiger partial charge on any atom is -0.462 e. The molecule has 1 amide bonds. The van der Waals surface area contributed by atoms with Crippen molar-refractivity contribution in [3.63, 3.8) is 0 Å². The topological polar surface area (TPSA) is 95.9 Å². The normalized spacial score (nSPS) is 14.2. The second kappa shape index (κ2) is 53.2. The summed E-state index contributed by atoms with van der Waals surface area (Å²) in [6, 6.07) is -0.742. The van der Waals surface area contributed by atoms with Crippen LogP contribution in [0.2, 0.25) is 0 Å². The molecule has 0 aromatic heterocycles. The Balaban J connectivity index is 4.74. The van der Waals surface area contributed by atoms with E-state index in [9.17, 15) is 19.8 Å².